The molecule has 0 aliphatic rings. The minimum Gasteiger partial charge on any atom is -0.218 e. The van der Waals surface area contributed by atoms with Gasteiger partial charge in [0.25, 0.3) is 5.26 Å². The summed E-state index contributed by atoms with van der Waals surface area (Å²) in [6.07, 6.45) is 3.28. The van der Waals surface area contributed by atoms with Crippen LogP contribution in [0.15, 0.2) is 54.2 Å². The first-order valence-electron chi connectivity index (χ1n) is 4.29. The molecule has 0 unspecified atom stereocenters. The second kappa shape index (κ2) is 6.71. The number of benzene rings is 1. The molecule has 0 radical (unpaired) electrons. The average Bonchev–Trinajstić information content (AvgIpc) is 2.72. The molecule has 1 aromatic heterocycles. The third kappa shape index (κ3) is 4.91. The minimum atomic E-state index is -0.366. The van der Waals surface area contributed by atoms with E-state index in [0.29, 0.717) is 0 Å². The Morgan fingerprint density at radius 3 is 2.47 bits per heavy atom. The van der Waals surface area contributed by atoms with Gasteiger partial charge in [0, 0.05) is 11.6 Å². The van der Waals surface area contributed by atoms with Crippen LogP contribution in [0.25, 0.3) is 6.08 Å². The molecule has 1 nitrogen and oxygen atoms in total. The highest BCUT2D eigenvalue weighted by Crippen LogP contribution is 1.98. The lowest BCUT2D eigenvalue weighted by Gasteiger charge is -1.85. The van der Waals surface area contributed by atoms with Crippen LogP contribution in [0.4, 0.5) is 4.39 Å². The quantitative estimate of drug-likeness (QED) is 0.665. The van der Waals surface area contributed by atoms with Gasteiger partial charge in [-0.3, -0.25) is 0 Å². The lowest BCUT2D eigenvalue weighted by atomic mass is 10.2. The molecule has 76 valence electrons. The van der Waals surface area contributed by atoms with Gasteiger partial charge in [-0.1, -0.05) is 48.2 Å². The van der Waals surface area contributed by atoms with Gasteiger partial charge in [0.05, 0.1) is 0 Å². The Kier molecular flexibility index (Phi) is 5.09. The fraction of sp³-hybridized carbons (Fsp3) is 0. The maximum absolute atomic E-state index is 11.6. The highest BCUT2D eigenvalue weighted by atomic mass is 32.1. The summed E-state index contributed by atoms with van der Waals surface area (Å²) in [5.74, 6) is 0. The molecule has 0 atom stereocenters. The molecule has 0 N–H and O–H groups in total. The standard InChI is InChI=1S/C9H8.C3H2FNS/c1-2-6-9-7-4-3-5-8-9;4-3-5-1-2-6-3/h3-8H,1H2;1-2H. The van der Waals surface area contributed by atoms with Gasteiger partial charge in [-0.05, 0) is 11.6 Å². The number of aromatic nitrogens is 1. The van der Waals surface area contributed by atoms with Gasteiger partial charge in [-0.2, -0.15) is 4.39 Å². The summed E-state index contributed by atoms with van der Waals surface area (Å²) >= 11 is 1.000. The Hall–Kier alpha value is -1.70. The van der Waals surface area contributed by atoms with Crippen molar-refractivity contribution in [2.24, 2.45) is 0 Å². The van der Waals surface area contributed by atoms with E-state index in [0.717, 1.165) is 16.9 Å². The van der Waals surface area contributed by atoms with Crippen LogP contribution in [0, 0.1) is 5.26 Å². The lowest BCUT2D eigenvalue weighted by molar-refractivity contribution is 0.617. The zero-order chi connectivity index (χ0) is 10.9. The number of halogens is 1. The fourth-order valence-corrected chi connectivity index (χ4v) is 1.23. The van der Waals surface area contributed by atoms with Gasteiger partial charge in [0.15, 0.2) is 0 Å². The molecule has 0 amide bonds. The molecule has 1 aromatic carbocycles. The predicted octanol–water partition coefficient (Wildman–Crippen LogP) is 3.77. The summed E-state index contributed by atoms with van der Waals surface area (Å²) in [5, 5.41) is 1.23. The van der Waals surface area contributed by atoms with E-state index >= 15 is 0 Å². The molecule has 0 bridgehead atoms. The molecule has 0 aliphatic heterocycles. The van der Waals surface area contributed by atoms with Gasteiger partial charge in [0.1, 0.15) is 0 Å². The zero-order valence-electron chi connectivity index (χ0n) is 8.06. The van der Waals surface area contributed by atoms with E-state index in [2.05, 4.69) is 17.3 Å². The van der Waals surface area contributed by atoms with Crippen LogP contribution >= 0.6 is 11.3 Å². The van der Waals surface area contributed by atoms with E-state index in [1.807, 2.05) is 36.4 Å². The van der Waals surface area contributed by atoms with Crippen molar-refractivity contribution in [3.05, 3.63) is 65.0 Å². The molecule has 3 heteroatoms. The summed E-state index contributed by atoms with van der Waals surface area (Å²) in [5.41, 5.74) is 3.85. The monoisotopic (exact) mass is 219 g/mol. The van der Waals surface area contributed by atoms with Crippen LogP contribution in [-0.4, -0.2) is 4.98 Å². The van der Waals surface area contributed by atoms with Crippen LogP contribution in [0.3, 0.4) is 0 Å². The number of hydrogen-bond acceptors (Lipinski definition) is 2. The summed E-state index contributed by atoms with van der Waals surface area (Å²) in [4.78, 5) is 3.27. The van der Waals surface area contributed by atoms with Crippen molar-refractivity contribution in [2.75, 3.05) is 0 Å². The van der Waals surface area contributed by atoms with Crippen molar-refractivity contribution in [1.82, 2.24) is 4.98 Å². The average molecular weight is 219 g/mol. The Balaban J connectivity index is 0.000000162. The largest absolute Gasteiger partial charge is 0.268 e. The topological polar surface area (TPSA) is 12.9 Å². The highest BCUT2D eigenvalue weighted by molar-refractivity contribution is 7.07. The first-order chi connectivity index (χ1) is 7.33. The number of rotatable bonds is 1. The molecule has 15 heavy (non-hydrogen) atoms. The van der Waals surface area contributed by atoms with Crippen molar-refractivity contribution < 1.29 is 4.39 Å². The maximum Gasteiger partial charge on any atom is 0.268 e. The van der Waals surface area contributed by atoms with Gasteiger partial charge in [-0.25, -0.2) is 4.98 Å². The summed E-state index contributed by atoms with van der Waals surface area (Å²) in [6.45, 7) is 3.48. The minimum absolute atomic E-state index is 0.366. The van der Waals surface area contributed by atoms with Crippen LogP contribution in [-0.2, 0) is 0 Å². The molecular formula is C12H10FNS. The third-order valence-electron chi connectivity index (χ3n) is 1.47. The first kappa shape index (κ1) is 11.4. The van der Waals surface area contributed by atoms with Crippen molar-refractivity contribution in [2.45, 2.75) is 0 Å². The molecule has 2 rings (SSSR count). The SMILES string of the molecule is C=C=Cc1ccccc1.Fc1nccs1. The smallest absolute Gasteiger partial charge is 0.218 e. The van der Waals surface area contributed by atoms with Crippen molar-refractivity contribution >= 4 is 17.4 Å². The molecule has 0 fully saturated rings. The normalized spacial score (nSPS) is 8.33. The molecular weight excluding hydrogens is 209 g/mol. The lowest BCUT2D eigenvalue weighted by Crippen LogP contribution is -1.64. The number of thiazole rings is 1. The van der Waals surface area contributed by atoms with E-state index < -0.39 is 0 Å². The Morgan fingerprint density at radius 1 is 1.33 bits per heavy atom. The molecule has 0 saturated carbocycles. The van der Waals surface area contributed by atoms with E-state index in [1.165, 1.54) is 6.20 Å². The van der Waals surface area contributed by atoms with E-state index in [1.54, 1.807) is 5.38 Å². The number of hydrogen-bond donors (Lipinski definition) is 0. The number of nitrogens with zero attached hydrogens (tertiary/aromatic N) is 1. The van der Waals surface area contributed by atoms with Crippen LogP contribution in [0.2, 0.25) is 0 Å². The van der Waals surface area contributed by atoms with Crippen molar-refractivity contribution in [1.29, 1.82) is 0 Å². The molecule has 2 aromatic rings. The first-order valence-corrected chi connectivity index (χ1v) is 5.17. The van der Waals surface area contributed by atoms with Gasteiger partial charge < -0.3 is 0 Å². The maximum atomic E-state index is 11.6. The van der Waals surface area contributed by atoms with Crippen molar-refractivity contribution in [3.63, 3.8) is 0 Å². The zero-order valence-corrected chi connectivity index (χ0v) is 8.88. The molecule has 0 saturated heterocycles. The second-order valence-corrected chi connectivity index (χ2v) is 3.39. The van der Waals surface area contributed by atoms with E-state index in [4.69, 9.17) is 0 Å². The molecule has 0 aliphatic carbocycles. The van der Waals surface area contributed by atoms with Gasteiger partial charge in [0.2, 0.25) is 0 Å². The van der Waals surface area contributed by atoms with Crippen molar-refractivity contribution in [3.8, 4) is 0 Å². The van der Waals surface area contributed by atoms with Crippen LogP contribution < -0.4 is 0 Å². The Bertz CT molecular complexity index is 416. The van der Waals surface area contributed by atoms with Crippen LogP contribution in [0.1, 0.15) is 5.56 Å². The Labute approximate surface area is 92.2 Å². The van der Waals surface area contributed by atoms with E-state index in [9.17, 15) is 4.39 Å². The van der Waals surface area contributed by atoms with E-state index in [-0.39, 0.29) is 5.26 Å². The summed E-state index contributed by atoms with van der Waals surface area (Å²) in [6, 6.07) is 9.99. The third-order valence-corrected chi connectivity index (χ3v) is 2.03. The highest BCUT2D eigenvalue weighted by Gasteiger charge is 1.82. The van der Waals surface area contributed by atoms with Gasteiger partial charge in [-0.15, -0.1) is 5.73 Å². The summed E-state index contributed by atoms with van der Waals surface area (Å²) < 4.78 is 11.6. The second-order valence-electron chi connectivity index (χ2n) is 2.54. The summed E-state index contributed by atoms with van der Waals surface area (Å²) in [7, 11) is 0. The molecule has 0 spiro atoms. The molecule has 1 heterocycles. The van der Waals surface area contributed by atoms with Crippen LogP contribution in [0.5, 0.6) is 0 Å². The Morgan fingerprint density at radius 2 is 2.07 bits per heavy atom. The fourth-order valence-electron chi connectivity index (χ4n) is 0.873. The van der Waals surface area contributed by atoms with Gasteiger partial charge >= 0.3 is 0 Å². The predicted molar refractivity (Wildman–Crippen MR) is 62.1 cm³/mol.